The van der Waals surface area contributed by atoms with Crippen molar-refractivity contribution in [3.8, 4) is 50.7 Å². The lowest BCUT2D eigenvalue weighted by Gasteiger charge is -2.22. The number of hydrogen-bond donors (Lipinski definition) is 0. The second-order valence-corrected chi connectivity index (χ2v) is 18.9. The number of fused-ring (bicyclic) bond motifs is 9. The van der Waals surface area contributed by atoms with Crippen LogP contribution in [0.3, 0.4) is 0 Å². The third-order valence-electron chi connectivity index (χ3n) is 11.2. The molecular weight excluding hydrogens is 611 g/mol. The molecule has 0 saturated carbocycles. The molecule has 0 amide bonds. The first-order valence-electron chi connectivity index (χ1n) is 17.2. The molecular formula is C45H35N3Si. The average molecular weight is 646 g/mol. The molecule has 0 bridgehead atoms. The highest BCUT2D eigenvalue weighted by Crippen LogP contribution is 2.51. The Kier molecular flexibility index (Phi) is 5.79. The van der Waals surface area contributed by atoms with Crippen LogP contribution in [-0.4, -0.2) is 22.6 Å². The van der Waals surface area contributed by atoms with Gasteiger partial charge < -0.3 is 4.57 Å². The van der Waals surface area contributed by atoms with Crippen LogP contribution in [0.1, 0.15) is 25.0 Å². The first kappa shape index (κ1) is 28.4. The van der Waals surface area contributed by atoms with Crippen LogP contribution in [0.5, 0.6) is 0 Å². The zero-order chi connectivity index (χ0) is 33.1. The van der Waals surface area contributed by atoms with Crippen molar-refractivity contribution in [3.05, 3.63) is 151 Å². The lowest BCUT2D eigenvalue weighted by molar-refractivity contribution is 0.661. The van der Waals surface area contributed by atoms with Crippen LogP contribution >= 0.6 is 0 Å². The van der Waals surface area contributed by atoms with Gasteiger partial charge in [0.2, 0.25) is 0 Å². The lowest BCUT2D eigenvalue weighted by atomic mass is 9.82. The fourth-order valence-corrected chi connectivity index (χ4v) is 12.0. The Balaban J connectivity index is 1.17. The molecule has 8 aromatic rings. The number of hydrogen-bond acceptors (Lipinski definition) is 2. The third kappa shape index (κ3) is 3.89. The van der Waals surface area contributed by atoms with Crippen LogP contribution < -0.4 is 10.4 Å². The van der Waals surface area contributed by atoms with E-state index in [2.05, 4.69) is 165 Å². The van der Waals surface area contributed by atoms with Crippen molar-refractivity contribution >= 4 is 40.3 Å². The lowest BCUT2D eigenvalue weighted by Crippen LogP contribution is -2.50. The molecule has 0 spiro atoms. The van der Waals surface area contributed by atoms with Gasteiger partial charge in [0.1, 0.15) is 8.07 Å². The molecule has 1 aliphatic heterocycles. The molecule has 2 aromatic heterocycles. The van der Waals surface area contributed by atoms with Gasteiger partial charge in [0, 0.05) is 33.0 Å². The van der Waals surface area contributed by atoms with Crippen LogP contribution in [0.25, 0.3) is 72.5 Å². The van der Waals surface area contributed by atoms with Gasteiger partial charge in [0.05, 0.1) is 22.4 Å². The molecule has 6 aromatic carbocycles. The summed E-state index contributed by atoms with van der Waals surface area (Å²) in [6.45, 7) is 9.60. The number of benzene rings is 6. The zero-order valence-electron chi connectivity index (χ0n) is 28.1. The van der Waals surface area contributed by atoms with Gasteiger partial charge in [0.15, 0.2) is 5.82 Å². The van der Waals surface area contributed by atoms with E-state index in [9.17, 15) is 0 Å². The molecule has 234 valence electrons. The average Bonchev–Trinajstić information content (AvgIpc) is 3.68. The van der Waals surface area contributed by atoms with Gasteiger partial charge in [-0.3, -0.25) is 0 Å². The Bertz CT molecular complexity index is 2650. The molecule has 3 heterocycles. The maximum absolute atomic E-state index is 5.35. The fourth-order valence-electron chi connectivity index (χ4n) is 8.75. The quantitative estimate of drug-likeness (QED) is 0.179. The summed E-state index contributed by atoms with van der Waals surface area (Å²) in [5.41, 5.74) is 14.6. The highest BCUT2D eigenvalue weighted by molar-refractivity contribution is 7.04. The molecule has 0 N–H and O–H groups in total. The third-order valence-corrected chi connectivity index (χ3v) is 14.7. The van der Waals surface area contributed by atoms with Crippen molar-refractivity contribution in [1.82, 2.24) is 14.5 Å². The van der Waals surface area contributed by atoms with Crippen molar-refractivity contribution in [3.63, 3.8) is 0 Å². The van der Waals surface area contributed by atoms with Crippen LogP contribution in [0.15, 0.2) is 140 Å². The maximum atomic E-state index is 5.35. The molecule has 0 atom stereocenters. The SMILES string of the molecule is CC1(C)c2ccccc2-c2cc3c4ccccc4n(-c4ccc(-c5nc(-c6ccccc6)nc6c5[Si](C)(C)c5ccccc5-6)cc4)c3cc21. The fraction of sp³-hybridized carbons (Fsp3) is 0.111. The molecule has 3 nitrogen and oxygen atoms in total. The first-order chi connectivity index (χ1) is 23.8. The minimum Gasteiger partial charge on any atom is -0.309 e. The maximum Gasteiger partial charge on any atom is 0.160 e. The standard InChI is InChI=1S/C45H35N3Si/c1-45(2)36-19-11-8-16-31(36)34-26-35-32-17-9-12-20-38(32)48(39(35)27-37(34)45)30-24-22-28(23-25-30)41-43-42(33-18-10-13-21-40(33)49(43,3)4)47-44(46-41)29-14-6-5-7-15-29/h5-27H,1-4H3. The van der Waals surface area contributed by atoms with Gasteiger partial charge in [-0.2, -0.15) is 0 Å². The molecule has 10 rings (SSSR count). The van der Waals surface area contributed by atoms with Gasteiger partial charge in [-0.1, -0.05) is 136 Å². The topological polar surface area (TPSA) is 30.7 Å². The molecule has 49 heavy (non-hydrogen) atoms. The molecule has 0 radical (unpaired) electrons. The van der Waals surface area contributed by atoms with Crippen molar-refractivity contribution < 1.29 is 0 Å². The largest absolute Gasteiger partial charge is 0.309 e. The summed E-state index contributed by atoms with van der Waals surface area (Å²) in [6, 6.07) is 51.0. The minimum atomic E-state index is -2.05. The van der Waals surface area contributed by atoms with Crippen LogP contribution in [0.4, 0.5) is 0 Å². The smallest absolute Gasteiger partial charge is 0.160 e. The van der Waals surface area contributed by atoms with Crippen molar-refractivity contribution in [2.45, 2.75) is 32.4 Å². The molecule has 0 saturated heterocycles. The summed E-state index contributed by atoms with van der Waals surface area (Å²) in [5, 5.41) is 5.33. The Hall–Kier alpha value is -5.58. The van der Waals surface area contributed by atoms with E-state index in [1.54, 1.807) is 0 Å². The van der Waals surface area contributed by atoms with E-state index in [1.165, 1.54) is 60.0 Å². The zero-order valence-corrected chi connectivity index (χ0v) is 29.1. The summed E-state index contributed by atoms with van der Waals surface area (Å²) >= 11 is 0. The van der Waals surface area contributed by atoms with E-state index in [0.29, 0.717) is 0 Å². The number of para-hydroxylation sites is 1. The van der Waals surface area contributed by atoms with E-state index in [0.717, 1.165) is 34.0 Å². The summed E-state index contributed by atoms with van der Waals surface area (Å²) in [4.78, 5) is 10.6. The number of nitrogens with zero attached hydrogens (tertiary/aromatic N) is 3. The van der Waals surface area contributed by atoms with Gasteiger partial charge in [-0.25, -0.2) is 9.97 Å². The van der Waals surface area contributed by atoms with E-state index in [1.807, 2.05) is 6.07 Å². The highest BCUT2D eigenvalue weighted by atomic mass is 28.3. The van der Waals surface area contributed by atoms with Crippen molar-refractivity contribution in [1.29, 1.82) is 0 Å². The molecule has 1 aliphatic carbocycles. The predicted octanol–water partition coefficient (Wildman–Crippen LogP) is 10.0. The first-order valence-corrected chi connectivity index (χ1v) is 20.2. The minimum absolute atomic E-state index is 0.0661. The summed E-state index contributed by atoms with van der Waals surface area (Å²) in [5.74, 6) is 0.778. The van der Waals surface area contributed by atoms with E-state index < -0.39 is 8.07 Å². The second-order valence-electron chi connectivity index (χ2n) is 14.6. The molecule has 0 unspecified atom stereocenters. The van der Waals surface area contributed by atoms with Crippen LogP contribution in [-0.2, 0) is 5.41 Å². The Morgan fingerprint density at radius 3 is 2.02 bits per heavy atom. The predicted molar refractivity (Wildman–Crippen MR) is 207 cm³/mol. The number of aromatic nitrogens is 3. The second kappa shape index (κ2) is 9.97. The normalized spacial score (nSPS) is 14.9. The monoisotopic (exact) mass is 645 g/mol. The van der Waals surface area contributed by atoms with Gasteiger partial charge in [-0.05, 0) is 68.5 Å². The van der Waals surface area contributed by atoms with E-state index >= 15 is 0 Å². The van der Waals surface area contributed by atoms with Crippen LogP contribution in [0.2, 0.25) is 13.1 Å². The van der Waals surface area contributed by atoms with Crippen molar-refractivity contribution in [2.75, 3.05) is 0 Å². The van der Waals surface area contributed by atoms with E-state index in [4.69, 9.17) is 9.97 Å². The number of rotatable bonds is 3. The van der Waals surface area contributed by atoms with Crippen molar-refractivity contribution in [2.24, 2.45) is 0 Å². The molecule has 2 aliphatic rings. The Morgan fingerprint density at radius 2 is 1.20 bits per heavy atom. The van der Waals surface area contributed by atoms with Gasteiger partial charge in [-0.15, -0.1) is 0 Å². The Labute approximate surface area is 287 Å². The molecule has 0 fully saturated rings. The summed E-state index contributed by atoms with van der Waals surface area (Å²) in [7, 11) is -2.05. The van der Waals surface area contributed by atoms with Gasteiger partial charge in [0.25, 0.3) is 0 Å². The van der Waals surface area contributed by atoms with Gasteiger partial charge >= 0.3 is 0 Å². The summed E-state index contributed by atoms with van der Waals surface area (Å²) in [6.07, 6.45) is 0. The Morgan fingerprint density at radius 1 is 0.531 bits per heavy atom. The molecule has 4 heteroatoms. The van der Waals surface area contributed by atoms with Crippen LogP contribution in [0, 0.1) is 0 Å². The summed E-state index contributed by atoms with van der Waals surface area (Å²) < 4.78 is 2.45. The highest BCUT2D eigenvalue weighted by Gasteiger charge is 2.42. The van der Waals surface area contributed by atoms with E-state index in [-0.39, 0.29) is 5.41 Å².